The molecule has 2 fully saturated rings. The van der Waals surface area contributed by atoms with Crippen LogP contribution in [-0.2, 0) is 30.4 Å². The molecule has 0 spiro atoms. The summed E-state index contributed by atoms with van der Waals surface area (Å²) in [4.78, 5) is 67.4. The van der Waals surface area contributed by atoms with Crippen LogP contribution in [0.1, 0.15) is 83.3 Å². The van der Waals surface area contributed by atoms with Gasteiger partial charge < -0.3 is 26.0 Å². The molecule has 0 aliphatic carbocycles. The van der Waals surface area contributed by atoms with E-state index in [2.05, 4.69) is 22.0 Å². The van der Waals surface area contributed by atoms with Crippen LogP contribution in [0.4, 0.5) is 0 Å². The van der Waals surface area contributed by atoms with Crippen LogP contribution in [0.5, 0.6) is 0 Å². The van der Waals surface area contributed by atoms with E-state index in [0.717, 1.165) is 5.56 Å². The van der Waals surface area contributed by atoms with Gasteiger partial charge in [-0.3, -0.25) is 24.0 Å². The molecule has 41 heavy (non-hydrogen) atoms. The topological polar surface area (TPSA) is 169 Å². The highest BCUT2D eigenvalue weighted by molar-refractivity contribution is 5.99. The first-order chi connectivity index (χ1) is 19.5. The van der Waals surface area contributed by atoms with Crippen molar-refractivity contribution in [2.45, 2.75) is 108 Å². The summed E-state index contributed by atoms with van der Waals surface area (Å²) >= 11 is 0. The third-order valence-electron chi connectivity index (χ3n) is 8.09. The van der Waals surface area contributed by atoms with E-state index in [0.29, 0.717) is 50.6 Å². The minimum atomic E-state index is -1.34. The van der Waals surface area contributed by atoms with Crippen LogP contribution in [0, 0.1) is 11.3 Å². The summed E-state index contributed by atoms with van der Waals surface area (Å²) in [6.45, 7) is 5.14. The number of nitriles is 1. The lowest BCUT2D eigenvalue weighted by Crippen LogP contribution is -2.65. The fourth-order valence-electron chi connectivity index (χ4n) is 5.21. The van der Waals surface area contributed by atoms with Crippen LogP contribution < -0.4 is 16.0 Å². The third kappa shape index (κ3) is 8.13. The molecule has 4 amide bonds. The van der Waals surface area contributed by atoms with E-state index in [1.165, 1.54) is 11.8 Å². The first-order valence-corrected chi connectivity index (χ1v) is 14.4. The van der Waals surface area contributed by atoms with Gasteiger partial charge in [0.25, 0.3) is 0 Å². The predicted octanol–water partition coefficient (Wildman–Crippen LogP) is 1.26. The molecule has 2 saturated heterocycles. The molecule has 0 bridgehead atoms. The van der Waals surface area contributed by atoms with Gasteiger partial charge in [0.05, 0.1) is 11.6 Å². The normalized spacial score (nSPS) is 26.0. The van der Waals surface area contributed by atoms with Crippen molar-refractivity contribution in [1.29, 1.82) is 5.26 Å². The number of nitrogens with one attached hydrogen (secondary N) is 3. The molecule has 2 aliphatic heterocycles. The van der Waals surface area contributed by atoms with Crippen LogP contribution in [0.3, 0.4) is 0 Å². The number of carbonyl (C=O) groups excluding carboxylic acids is 5. The van der Waals surface area contributed by atoms with Gasteiger partial charge in [-0.2, -0.15) is 5.26 Å². The standard InChI is InChI=1S/C30H41N5O6/c1-4-30(3)29(41)33-23(17-20-12-14-21(18-31)15-13-20)28(40)35-16-8-10-24(35)27(39)32-22(26(38)34-30)9-6-5-7-11-25(37)19(2)36/h12-15,19,22-24,36H,4-11,16-17H2,1-3H3,(H,32,39)(H,33,41)(H,34,38)/t19-,22-,23-,24+,30-/m0/s1. The zero-order valence-corrected chi connectivity index (χ0v) is 24.1. The number of ketones is 1. The lowest BCUT2D eigenvalue weighted by molar-refractivity contribution is -0.144. The number of rotatable bonds is 10. The highest BCUT2D eigenvalue weighted by Gasteiger charge is 2.43. The zero-order chi connectivity index (χ0) is 30.2. The average molecular weight is 568 g/mol. The molecule has 2 heterocycles. The number of hydrogen-bond acceptors (Lipinski definition) is 7. The van der Waals surface area contributed by atoms with E-state index in [-0.39, 0.29) is 31.0 Å². The molecule has 0 aromatic heterocycles. The Balaban J connectivity index is 1.83. The molecule has 2 aliphatic rings. The molecule has 11 nitrogen and oxygen atoms in total. The second-order valence-corrected chi connectivity index (χ2v) is 11.2. The van der Waals surface area contributed by atoms with Crippen molar-refractivity contribution in [3.8, 4) is 6.07 Å². The average Bonchev–Trinajstić information content (AvgIpc) is 3.45. The van der Waals surface area contributed by atoms with Gasteiger partial charge in [0.1, 0.15) is 29.8 Å². The van der Waals surface area contributed by atoms with Crippen molar-refractivity contribution in [3.05, 3.63) is 35.4 Å². The molecule has 0 radical (unpaired) electrons. The van der Waals surface area contributed by atoms with E-state index >= 15 is 0 Å². The molecule has 0 saturated carbocycles. The first kappa shape index (κ1) is 31.7. The van der Waals surface area contributed by atoms with Gasteiger partial charge in [-0.1, -0.05) is 31.9 Å². The Morgan fingerprint density at radius 3 is 2.44 bits per heavy atom. The number of carbonyl (C=O) groups is 5. The Morgan fingerprint density at radius 1 is 1.10 bits per heavy atom. The molecule has 4 N–H and O–H groups in total. The van der Waals surface area contributed by atoms with Crippen LogP contribution in [-0.4, -0.2) is 75.7 Å². The molecular formula is C30H41N5O6. The SMILES string of the molecule is CC[C@]1(C)NC(=O)[C@H](CCCCCC(=O)[C@H](C)O)NC(=O)[C@H]2CCCN2C(=O)[C@H](Cc2ccc(C#N)cc2)NC1=O. The number of unbranched alkanes of at least 4 members (excludes halogenated alkanes) is 2. The van der Waals surface area contributed by atoms with Gasteiger partial charge in [0.2, 0.25) is 23.6 Å². The summed E-state index contributed by atoms with van der Waals surface area (Å²) in [5, 5.41) is 27.0. The van der Waals surface area contributed by atoms with E-state index in [1.807, 2.05) is 0 Å². The summed E-state index contributed by atoms with van der Waals surface area (Å²) in [6, 6.07) is 6.16. The summed E-state index contributed by atoms with van der Waals surface area (Å²) in [6.07, 6.45) is 2.69. The number of amides is 4. The molecule has 5 atom stereocenters. The monoisotopic (exact) mass is 567 g/mol. The number of Topliss-reactive ketones (excluding diaryl/α,β-unsaturated/α-hetero) is 1. The summed E-state index contributed by atoms with van der Waals surface area (Å²) in [7, 11) is 0. The third-order valence-corrected chi connectivity index (χ3v) is 8.09. The highest BCUT2D eigenvalue weighted by atomic mass is 16.3. The summed E-state index contributed by atoms with van der Waals surface area (Å²) in [5.41, 5.74) is -0.119. The van der Waals surface area contributed by atoms with Gasteiger partial charge in [-0.25, -0.2) is 0 Å². The van der Waals surface area contributed by atoms with Crippen molar-refractivity contribution < 1.29 is 29.1 Å². The van der Waals surface area contributed by atoms with E-state index in [4.69, 9.17) is 5.26 Å². The quantitative estimate of drug-likeness (QED) is 0.309. The number of hydrogen-bond donors (Lipinski definition) is 4. The van der Waals surface area contributed by atoms with Crippen molar-refractivity contribution in [2.24, 2.45) is 0 Å². The lowest BCUT2D eigenvalue weighted by atomic mass is 9.94. The molecule has 1 aromatic carbocycles. The molecule has 222 valence electrons. The van der Waals surface area contributed by atoms with Gasteiger partial charge in [-0.15, -0.1) is 0 Å². The molecular weight excluding hydrogens is 526 g/mol. The zero-order valence-electron chi connectivity index (χ0n) is 24.1. The van der Waals surface area contributed by atoms with Gasteiger partial charge in [0.15, 0.2) is 5.78 Å². The second-order valence-electron chi connectivity index (χ2n) is 11.2. The lowest BCUT2D eigenvalue weighted by Gasteiger charge is -2.36. The first-order valence-electron chi connectivity index (χ1n) is 14.4. The Bertz CT molecular complexity index is 1180. The smallest absolute Gasteiger partial charge is 0.246 e. The van der Waals surface area contributed by atoms with Crippen molar-refractivity contribution in [3.63, 3.8) is 0 Å². The van der Waals surface area contributed by atoms with E-state index in [9.17, 15) is 29.1 Å². The molecule has 11 heteroatoms. The van der Waals surface area contributed by atoms with Gasteiger partial charge in [0, 0.05) is 19.4 Å². The molecule has 1 aromatic rings. The van der Waals surface area contributed by atoms with E-state index in [1.54, 1.807) is 38.1 Å². The second kappa shape index (κ2) is 14.2. The van der Waals surface area contributed by atoms with Gasteiger partial charge >= 0.3 is 0 Å². The van der Waals surface area contributed by atoms with Crippen LogP contribution >= 0.6 is 0 Å². The maximum absolute atomic E-state index is 13.8. The number of aliphatic hydroxyl groups is 1. The number of benzene rings is 1. The minimum absolute atomic E-state index is 0.162. The molecule has 3 rings (SSSR count). The number of fused-ring (bicyclic) bond motifs is 1. The summed E-state index contributed by atoms with van der Waals surface area (Å²) in [5.74, 6) is -2.01. The fraction of sp³-hybridized carbons (Fsp3) is 0.600. The number of aliphatic hydroxyl groups excluding tert-OH is 1. The van der Waals surface area contributed by atoms with Crippen LogP contribution in [0.25, 0.3) is 0 Å². The maximum atomic E-state index is 13.8. The highest BCUT2D eigenvalue weighted by Crippen LogP contribution is 2.22. The van der Waals surface area contributed by atoms with Crippen LogP contribution in [0.15, 0.2) is 24.3 Å². The number of nitrogens with zero attached hydrogens (tertiary/aromatic N) is 2. The predicted molar refractivity (Wildman–Crippen MR) is 150 cm³/mol. The van der Waals surface area contributed by atoms with Crippen molar-refractivity contribution >= 4 is 29.4 Å². The van der Waals surface area contributed by atoms with Crippen LogP contribution in [0.2, 0.25) is 0 Å². The Kier molecular flexibility index (Phi) is 11.0. The molecule has 0 unspecified atom stereocenters. The minimum Gasteiger partial charge on any atom is -0.386 e. The van der Waals surface area contributed by atoms with E-state index < -0.39 is 47.5 Å². The summed E-state index contributed by atoms with van der Waals surface area (Å²) < 4.78 is 0. The van der Waals surface area contributed by atoms with Crippen molar-refractivity contribution in [1.82, 2.24) is 20.9 Å². The fourth-order valence-corrected chi connectivity index (χ4v) is 5.21. The van der Waals surface area contributed by atoms with Crippen molar-refractivity contribution in [2.75, 3.05) is 6.54 Å². The Morgan fingerprint density at radius 2 is 1.80 bits per heavy atom. The Hall–Kier alpha value is -3.78. The van der Waals surface area contributed by atoms with Gasteiger partial charge in [-0.05, 0) is 63.6 Å². The maximum Gasteiger partial charge on any atom is 0.246 e. The largest absolute Gasteiger partial charge is 0.386 e. The Labute approximate surface area is 241 Å².